The molecule has 3 heteroatoms. The Morgan fingerprint density at radius 1 is 1.10 bits per heavy atom. The molecule has 0 aliphatic carbocycles. The molecular weight excluding hydrogens is 275 g/mol. The molecule has 0 radical (unpaired) electrons. The first-order valence-corrected chi connectivity index (χ1v) is 6.92. The van der Waals surface area contributed by atoms with E-state index in [0.717, 1.165) is 11.3 Å². The normalized spacial score (nSPS) is 11.4. The highest BCUT2D eigenvalue weighted by atomic mass is 35.5. The average molecular weight is 293 g/mol. The number of hydrogen-bond acceptors (Lipinski definition) is 1. The molecule has 0 aromatic heterocycles. The first kappa shape index (κ1) is 14.9. The van der Waals surface area contributed by atoms with Gasteiger partial charge in [-0.25, -0.2) is 4.39 Å². The maximum Gasteiger partial charge on any atom is 0.129 e. The van der Waals surface area contributed by atoms with E-state index >= 15 is 0 Å². The first-order valence-electron chi connectivity index (χ1n) is 6.54. The van der Waals surface area contributed by atoms with Gasteiger partial charge in [0.1, 0.15) is 18.2 Å². The van der Waals surface area contributed by atoms with Crippen molar-refractivity contribution in [1.82, 2.24) is 0 Å². The van der Waals surface area contributed by atoms with Gasteiger partial charge in [-0.05, 0) is 35.2 Å². The number of hydrogen-bond donors (Lipinski definition) is 0. The number of benzene rings is 2. The zero-order chi connectivity index (χ0) is 14.8. The van der Waals surface area contributed by atoms with Gasteiger partial charge in [0.25, 0.3) is 0 Å². The molecule has 2 aromatic rings. The third-order valence-electron chi connectivity index (χ3n) is 3.09. The molecule has 0 N–H and O–H groups in total. The van der Waals surface area contributed by atoms with E-state index in [2.05, 4.69) is 20.8 Å². The molecule has 0 saturated heterocycles. The molecule has 20 heavy (non-hydrogen) atoms. The molecule has 0 fully saturated rings. The third-order valence-corrected chi connectivity index (χ3v) is 3.32. The Labute approximate surface area is 124 Å². The fourth-order valence-electron chi connectivity index (χ4n) is 2.02. The van der Waals surface area contributed by atoms with Crippen molar-refractivity contribution >= 4 is 11.6 Å². The summed E-state index contributed by atoms with van der Waals surface area (Å²) in [6.07, 6.45) is 0. The van der Waals surface area contributed by atoms with E-state index in [9.17, 15) is 4.39 Å². The van der Waals surface area contributed by atoms with E-state index in [0.29, 0.717) is 10.6 Å². The molecule has 0 aliphatic rings. The lowest BCUT2D eigenvalue weighted by Crippen LogP contribution is -2.13. The maximum absolute atomic E-state index is 13.7. The number of ether oxygens (including phenoxy) is 1. The molecule has 0 spiro atoms. The molecule has 0 heterocycles. The van der Waals surface area contributed by atoms with Crippen LogP contribution >= 0.6 is 11.6 Å². The van der Waals surface area contributed by atoms with Crippen LogP contribution in [0.4, 0.5) is 4.39 Å². The second kappa shape index (κ2) is 5.84. The van der Waals surface area contributed by atoms with Gasteiger partial charge in [-0.15, -0.1) is 0 Å². The monoisotopic (exact) mass is 292 g/mol. The van der Waals surface area contributed by atoms with Crippen molar-refractivity contribution in [2.75, 3.05) is 0 Å². The van der Waals surface area contributed by atoms with E-state index in [-0.39, 0.29) is 17.8 Å². The molecule has 2 rings (SSSR count). The van der Waals surface area contributed by atoms with E-state index in [1.165, 1.54) is 12.1 Å². The largest absolute Gasteiger partial charge is 0.488 e. The molecular formula is C17H18ClFO. The van der Waals surface area contributed by atoms with Gasteiger partial charge in [0.2, 0.25) is 0 Å². The van der Waals surface area contributed by atoms with Crippen molar-refractivity contribution in [3.63, 3.8) is 0 Å². The molecule has 0 saturated carbocycles. The molecule has 0 amide bonds. The summed E-state index contributed by atoms with van der Waals surface area (Å²) in [7, 11) is 0. The van der Waals surface area contributed by atoms with Gasteiger partial charge in [0.05, 0.1) is 0 Å². The Morgan fingerprint density at radius 2 is 1.80 bits per heavy atom. The van der Waals surface area contributed by atoms with Gasteiger partial charge in [0.15, 0.2) is 0 Å². The van der Waals surface area contributed by atoms with Crippen LogP contribution in [0.25, 0.3) is 0 Å². The van der Waals surface area contributed by atoms with Gasteiger partial charge in [0, 0.05) is 10.6 Å². The van der Waals surface area contributed by atoms with Crippen LogP contribution in [-0.2, 0) is 12.0 Å². The minimum Gasteiger partial charge on any atom is -0.488 e. The summed E-state index contributed by atoms with van der Waals surface area (Å²) >= 11 is 5.88. The van der Waals surface area contributed by atoms with Crippen molar-refractivity contribution in [3.8, 4) is 5.75 Å². The van der Waals surface area contributed by atoms with Crippen molar-refractivity contribution in [2.24, 2.45) is 0 Å². The highest BCUT2D eigenvalue weighted by molar-refractivity contribution is 6.30. The van der Waals surface area contributed by atoms with Gasteiger partial charge >= 0.3 is 0 Å². The van der Waals surface area contributed by atoms with Crippen LogP contribution < -0.4 is 4.74 Å². The summed E-state index contributed by atoms with van der Waals surface area (Å²) in [5.41, 5.74) is 1.53. The molecule has 106 valence electrons. The summed E-state index contributed by atoms with van der Waals surface area (Å²) in [6.45, 7) is 6.53. The van der Waals surface area contributed by atoms with Gasteiger partial charge in [-0.3, -0.25) is 0 Å². The van der Waals surface area contributed by atoms with Crippen LogP contribution in [0.1, 0.15) is 31.9 Å². The fourth-order valence-corrected chi connectivity index (χ4v) is 2.22. The molecule has 0 atom stereocenters. The lowest BCUT2D eigenvalue weighted by Gasteiger charge is -2.22. The lowest BCUT2D eigenvalue weighted by molar-refractivity contribution is 0.292. The number of halogens is 2. The number of rotatable bonds is 3. The average Bonchev–Trinajstić information content (AvgIpc) is 2.39. The topological polar surface area (TPSA) is 9.23 Å². The molecule has 0 unspecified atom stereocenters. The zero-order valence-corrected chi connectivity index (χ0v) is 12.7. The summed E-state index contributed by atoms with van der Waals surface area (Å²) in [4.78, 5) is 0. The Balaban J connectivity index is 2.21. The van der Waals surface area contributed by atoms with Crippen LogP contribution in [0, 0.1) is 5.82 Å². The van der Waals surface area contributed by atoms with Gasteiger partial charge < -0.3 is 4.74 Å². The maximum atomic E-state index is 13.7. The minimum absolute atomic E-state index is 0.0243. The third kappa shape index (κ3) is 3.51. The van der Waals surface area contributed by atoms with Crippen molar-refractivity contribution < 1.29 is 9.13 Å². The second-order valence-electron chi connectivity index (χ2n) is 5.77. The van der Waals surface area contributed by atoms with Gasteiger partial charge in [-0.1, -0.05) is 50.6 Å². The summed E-state index contributed by atoms with van der Waals surface area (Å²) in [5.74, 6) is 0.474. The van der Waals surface area contributed by atoms with Crippen LogP contribution in [0.15, 0.2) is 42.5 Å². The minimum atomic E-state index is -0.303. The first-order chi connectivity index (χ1) is 9.38. The summed E-state index contributed by atoms with van der Waals surface area (Å²) in [5, 5.41) is 0.508. The van der Waals surface area contributed by atoms with Crippen LogP contribution in [-0.4, -0.2) is 0 Å². The SMILES string of the molecule is CC(C)(C)c1ccccc1OCc1cc(Cl)ccc1F. The molecule has 0 aliphatic heterocycles. The molecule has 0 bridgehead atoms. The van der Waals surface area contributed by atoms with Crippen LogP contribution in [0.2, 0.25) is 5.02 Å². The number of para-hydroxylation sites is 1. The van der Waals surface area contributed by atoms with Crippen LogP contribution in [0.3, 0.4) is 0 Å². The molecule has 1 nitrogen and oxygen atoms in total. The predicted molar refractivity (Wildman–Crippen MR) is 80.9 cm³/mol. The highest BCUT2D eigenvalue weighted by Crippen LogP contribution is 2.31. The van der Waals surface area contributed by atoms with Gasteiger partial charge in [-0.2, -0.15) is 0 Å². The fraction of sp³-hybridized carbons (Fsp3) is 0.294. The molecule has 2 aromatic carbocycles. The quantitative estimate of drug-likeness (QED) is 0.740. The van der Waals surface area contributed by atoms with Crippen molar-refractivity contribution in [1.29, 1.82) is 0 Å². The standard InChI is InChI=1S/C17H18ClFO/c1-17(2,3)14-6-4-5-7-16(14)20-11-12-10-13(18)8-9-15(12)19/h4-10H,11H2,1-3H3. The highest BCUT2D eigenvalue weighted by Gasteiger charge is 2.18. The summed E-state index contributed by atoms with van der Waals surface area (Å²) < 4.78 is 19.5. The Hall–Kier alpha value is -1.54. The van der Waals surface area contributed by atoms with E-state index < -0.39 is 0 Å². The smallest absolute Gasteiger partial charge is 0.129 e. The predicted octanol–water partition coefficient (Wildman–Crippen LogP) is 5.36. The Kier molecular flexibility index (Phi) is 4.34. The lowest BCUT2D eigenvalue weighted by atomic mass is 9.86. The van der Waals surface area contributed by atoms with E-state index in [4.69, 9.17) is 16.3 Å². The van der Waals surface area contributed by atoms with E-state index in [1.807, 2.05) is 24.3 Å². The second-order valence-corrected chi connectivity index (χ2v) is 6.21. The zero-order valence-electron chi connectivity index (χ0n) is 11.9. The Morgan fingerprint density at radius 3 is 2.50 bits per heavy atom. The summed E-state index contributed by atoms with van der Waals surface area (Å²) in [6, 6.07) is 12.3. The van der Waals surface area contributed by atoms with Crippen molar-refractivity contribution in [2.45, 2.75) is 32.8 Å². The van der Waals surface area contributed by atoms with E-state index in [1.54, 1.807) is 6.07 Å². The van der Waals surface area contributed by atoms with Crippen molar-refractivity contribution in [3.05, 3.63) is 64.4 Å². The Bertz CT molecular complexity index is 602. The van der Waals surface area contributed by atoms with Crippen LogP contribution in [0.5, 0.6) is 5.75 Å².